The quantitative estimate of drug-likeness (QED) is 0.856. The van der Waals surface area contributed by atoms with Crippen LogP contribution >= 0.6 is 23.2 Å². The van der Waals surface area contributed by atoms with Gasteiger partial charge in [0.05, 0.1) is 22.3 Å². The zero-order chi connectivity index (χ0) is 12.6. The second kappa shape index (κ2) is 4.88. The maximum atomic E-state index is 6.15. The van der Waals surface area contributed by atoms with Crippen LogP contribution in [0.4, 0.5) is 11.6 Å². The molecule has 6 heteroatoms. The van der Waals surface area contributed by atoms with E-state index in [0.29, 0.717) is 21.7 Å². The summed E-state index contributed by atoms with van der Waals surface area (Å²) in [5.41, 5.74) is 5.71. The first-order valence-electron chi connectivity index (χ1n) is 5.49. The SMILES string of the molecule is CC1CN(c2nc(N)c(Cl)cc2Cl)CC(C)O1. The lowest BCUT2D eigenvalue weighted by atomic mass is 10.2. The van der Waals surface area contributed by atoms with Crippen molar-refractivity contribution in [3.8, 4) is 0 Å². The highest BCUT2D eigenvalue weighted by Gasteiger charge is 2.25. The van der Waals surface area contributed by atoms with Gasteiger partial charge >= 0.3 is 0 Å². The van der Waals surface area contributed by atoms with E-state index in [0.717, 1.165) is 13.1 Å². The van der Waals surface area contributed by atoms with Crippen LogP contribution in [0.2, 0.25) is 10.0 Å². The minimum absolute atomic E-state index is 0.147. The molecular formula is C11H15Cl2N3O. The number of nitrogens with zero attached hydrogens (tertiary/aromatic N) is 2. The lowest BCUT2D eigenvalue weighted by molar-refractivity contribution is -0.00544. The highest BCUT2D eigenvalue weighted by molar-refractivity contribution is 6.37. The molecule has 2 N–H and O–H groups in total. The molecule has 1 aliphatic heterocycles. The van der Waals surface area contributed by atoms with Crippen molar-refractivity contribution in [1.82, 2.24) is 4.98 Å². The summed E-state index contributed by atoms with van der Waals surface area (Å²) in [7, 11) is 0. The summed E-state index contributed by atoms with van der Waals surface area (Å²) in [4.78, 5) is 6.33. The first kappa shape index (κ1) is 12.7. The number of nitrogens with two attached hydrogens (primary N) is 1. The maximum Gasteiger partial charge on any atom is 0.150 e. The number of aromatic nitrogens is 1. The number of morpholine rings is 1. The number of hydrogen-bond acceptors (Lipinski definition) is 4. The van der Waals surface area contributed by atoms with Gasteiger partial charge in [-0.3, -0.25) is 0 Å². The Balaban J connectivity index is 2.30. The molecule has 0 spiro atoms. The number of halogens is 2. The topological polar surface area (TPSA) is 51.4 Å². The molecule has 1 saturated heterocycles. The Hall–Kier alpha value is -0.710. The molecular weight excluding hydrogens is 261 g/mol. The van der Waals surface area contributed by atoms with Gasteiger partial charge in [-0.2, -0.15) is 0 Å². The molecule has 0 radical (unpaired) electrons. The van der Waals surface area contributed by atoms with E-state index < -0.39 is 0 Å². The summed E-state index contributed by atoms with van der Waals surface area (Å²) >= 11 is 12.0. The van der Waals surface area contributed by atoms with E-state index in [4.69, 9.17) is 33.7 Å². The van der Waals surface area contributed by atoms with E-state index in [1.165, 1.54) is 0 Å². The molecule has 2 atom stereocenters. The van der Waals surface area contributed by atoms with Crippen LogP contribution in [0, 0.1) is 0 Å². The Morgan fingerprint density at radius 2 is 1.88 bits per heavy atom. The van der Waals surface area contributed by atoms with E-state index in [-0.39, 0.29) is 12.2 Å². The fourth-order valence-electron chi connectivity index (χ4n) is 2.04. The molecule has 4 nitrogen and oxygen atoms in total. The second-order valence-electron chi connectivity index (χ2n) is 4.32. The number of hydrogen-bond donors (Lipinski definition) is 1. The van der Waals surface area contributed by atoms with Crippen molar-refractivity contribution in [2.45, 2.75) is 26.1 Å². The fourth-order valence-corrected chi connectivity index (χ4v) is 2.52. The lowest BCUT2D eigenvalue weighted by Crippen LogP contribution is -2.46. The van der Waals surface area contributed by atoms with Crippen molar-refractivity contribution in [2.75, 3.05) is 23.7 Å². The molecule has 0 bridgehead atoms. The molecule has 2 rings (SSSR count). The van der Waals surface area contributed by atoms with E-state index in [1.807, 2.05) is 13.8 Å². The van der Waals surface area contributed by atoms with Crippen LogP contribution in [0.25, 0.3) is 0 Å². The number of rotatable bonds is 1. The Kier molecular flexibility index (Phi) is 3.66. The van der Waals surface area contributed by atoms with Crippen molar-refractivity contribution in [2.24, 2.45) is 0 Å². The first-order valence-corrected chi connectivity index (χ1v) is 6.25. The third-order valence-electron chi connectivity index (χ3n) is 2.66. The van der Waals surface area contributed by atoms with Crippen molar-refractivity contribution in [3.63, 3.8) is 0 Å². The van der Waals surface area contributed by atoms with Crippen LogP contribution in [-0.2, 0) is 4.74 Å². The van der Waals surface area contributed by atoms with Crippen molar-refractivity contribution >= 4 is 34.8 Å². The van der Waals surface area contributed by atoms with Gasteiger partial charge in [0.25, 0.3) is 0 Å². The number of nitrogen functional groups attached to an aromatic ring is 1. The lowest BCUT2D eigenvalue weighted by Gasteiger charge is -2.36. The van der Waals surface area contributed by atoms with Crippen molar-refractivity contribution < 1.29 is 4.74 Å². The summed E-state index contributed by atoms with van der Waals surface area (Å²) < 4.78 is 5.66. The summed E-state index contributed by atoms with van der Waals surface area (Å²) in [6.45, 7) is 5.54. The molecule has 0 aromatic carbocycles. The highest BCUT2D eigenvalue weighted by Crippen LogP contribution is 2.31. The van der Waals surface area contributed by atoms with Crippen LogP contribution in [-0.4, -0.2) is 30.3 Å². The van der Waals surface area contributed by atoms with E-state index in [9.17, 15) is 0 Å². The second-order valence-corrected chi connectivity index (χ2v) is 5.14. The minimum atomic E-state index is 0.147. The summed E-state index contributed by atoms with van der Waals surface area (Å²) in [6.07, 6.45) is 0.294. The molecule has 2 unspecified atom stereocenters. The van der Waals surface area contributed by atoms with Crippen LogP contribution < -0.4 is 10.6 Å². The molecule has 2 heterocycles. The average molecular weight is 276 g/mol. The molecule has 0 amide bonds. The molecule has 1 aromatic heterocycles. The van der Waals surface area contributed by atoms with Gasteiger partial charge in [-0.05, 0) is 19.9 Å². The number of anilines is 2. The molecule has 1 aliphatic rings. The van der Waals surface area contributed by atoms with Crippen molar-refractivity contribution in [1.29, 1.82) is 0 Å². The average Bonchev–Trinajstić information content (AvgIpc) is 2.22. The molecule has 0 aliphatic carbocycles. The van der Waals surface area contributed by atoms with E-state index in [2.05, 4.69) is 9.88 Å². The van der Waals surface area contributed by atoms with E-state index >= 15 is 0 Å². The van der Waals surface area contributed by atoms with Crippen LogP contribution in [0.5, 0.6) is 0 Å². The van der Waals surface area contributed by atoms with Crippen LogP contribution in [0.3, 0.4) is 0 Å². The van der Waals surface area contributed by atoms with Crippen LogP contribution in [0.1, 0.15) is 13.8 Å². The molecule has 0 saturated carbocycles. The summed E-state index contributed by atoms with van der Waals surface area (Å²) in [6, 6.07) is 1.63. The van der Waals surface area contributed by atoms with Gasteiger partial charge in [0.15, 0.2) is 0 Å². The predicted molar refractivity (Wildman–Crippen MR) is 70.9 cm³/mol. The van der Waals surface area contributed by atoms with Gasteiger partial charge in [0.1, 0.15) is 11.6 Å². The summed E-state index contributed by atoms with van der Waals surface area (Å²) in [5, 5.41) is 0.901. The Bertz CT molecular complexity index is 417. The smallest absolute Gasteiger partial charge is 0.150 e. The molecule has 1 fully saturated rings. The molecule has 94 valence electrons. The van der Waals surface area contributed by atoms with Gasteiger partial charge in [0, 0.05) is 13.1 Å². The Morgan fingerprint density at radius 3 is 2.47 bits per heavy atom. The van der Waals surface area contributed by atoms with Crippen molar-refractivity contribution in [3.05, 3.63) is 16.1 Å². The number of ether oxygens (including phenoxy) is 1. The van der Waals surface area contributed by atoms with Gasteiger partial charge in [0.2, 0.25) is 0 Å². The number of pyridine rings is 1. The normalized spacial score (nSPS) is 25.1. The Labute approximate surface area is 111 Å². The van der Waals surface area contributed by atoms with Gasteiger partial charge in [-0.1, -0.05) is 23.2 Å². The maximum absolute atomic E-state index is 6.15. The largest absolute Gasteiger partial charge is 0.382 e. The Morgan fingerprint density at radius 1 is 1.29 bits per heavy atom. The zero-order valence-corrected chi connectivity index (χ0v) is 11.3. The standard InChI is InChI=1S/C11H15Cl2N3O/c1-6-4-16(5-7(2)17-6)11-9(13)3-8(12)10(14)15-11/h3,6-7H,4-5H2,1-2H3,(H2,14,15). The zero-order valence-electron chi connectivity index (χ0n) is 9.78. The van der Waals surface area contributed by atoms with E-state index in [1.54, 1.807) is 6.07 Å². The van der Waals surface area contributed by atoms with Gasteiger partial charge < -0.3 is 15.4 Å². The molecule has 1 aromatic rings. The van der Waals surface area contributed by atoms with Gasteiger partial charge in [-0.15, -0.1) is 0 Å². The molecule has 17 heavy (non-hydrogen) atoms. The monoisotopic (exact) mass is 275 g/mol. The highest BCUT2D eigenvalue weighted by atomic mass is 35.5. The van der Waals surface area contributed by atoms with Gasteiger partial charge in [-0.25, -0.2) is 4.98 Å². The minimum Gasteiger partial charge on any atom is -0.382 e. The predicted octanol–water partition coefficient (Wildman–Crippen LogP) is 2.58. The third-order valence-corrected chi connectivity index (χ3v) is 3.24. The fraction of sp³-hybridized carbons (Fsp3) is 0.545. The van der Waals surface area contributed by atoms with Crippen LogP contribution in [0.15, 0.2) is 6.07 Å². The third kappa shape index (κ3) is 2.76. The summed E-state index contributed by atoms with van der Waals surface area (Å²) in [5.74, 6) is 0.980. The first-order chi connectivity index (χ1) is 7.97.